The van der Waals surface area contributed by atoms with Crippen LogP contribution in [0.2, 0.25) is 0 Å². The van der Waals surface area contributed by atoms with Crippen molar-refractivity contribution < 1.29 is 0 Å². The van der Waals surface area contributed by atoms with Crippen LogP contribution in [0.15, 0.2) is 0 Å². The smallest absolute Gasteiger partial charge is 0.0324 e. The third kappa shape index (κ3) is 11.8. The summed E-state index contributed by atoms with van der Waals surface area (Å²) in [6.07, 6.45) is 21.1. The van der Waals surface area contributed by atoms with Crippen molar-refractivity contribution in [3.05, 3.63) is 6.42 Å². The fraction of sp³-hybridized carbons (Fsp3) is 0.950. The van der Waals surface area contributed by atoms with Crippen molar-refractivity contribution in [3.8, 4) is 0 Å². The molecule has 2 atom stereocenters. The zero-order chi connectivity index (χ0) is 15.1. The molecule has 0 fully saturated rings. The first kappa shape index (κ1) is 20.0. The Labute approximate surface area is 130 Å². The van der Waals surface area contributed by atoms with Crippen LogP contribution in [-0.4, -0.2) is 0 Å². The van der Waals surface area contributed by atoms with Crippen LogP contribution >= 0.6 is 0 Å². The van der Waals surface area contributed by atoms with E-state index in [2.05, 4.69) is 34.1 Å². The topological polar surface area (TPSA) is 0 Å². The van der Waals surface area contributed by atoms with E-state index in [0.717, 1.165) is 11.8 Å². The fourth-order valence-corrected chi connectivity index (χ4v) is 3.10. The summed E-state index contributed by atoms with van der Waals surface area (Å²) in [6.45, 7) is 9.31. The van der Waals surface area contributed by atoms with Crippen molar-refractivity contribution in [3.63, 3.8) is 0 Å². The average Bonchev–Trinajstić information content (AvgIpc) is 2.47. The van der Waals surface area contributed by atoms with E-state index in [9.17, 15) is 0 Å². The maximum atomic E-state index is 2.74. The minimum Gasteiger partial charge on any atom is -0.0654 e. The Balaban J connectivity index is 3.97. The van der Waals surface area contributed by atoms with Crippen molar-refractivity contribution >= 4 is 0 Å². The quantitative estimate of drug-likeness (QED) is 0.271. The van der Waals surface area contributed by atoms with Crippen LogP contribution in [0.3, 0.4) is 0 Å². The van der Waals surface area contributed by atoms with Crippen LogP contribution in [0.25, 0.3) is 0 Å². The standard InChI is InChI=1S/C20H41/c1-5-9-12-13-14-17-20(16-11-7-3)18-19(8-4)15-10-6-2/h18-20H,5-17H2,1-4H3. The molecule has 0 saturated heterocycles. The first-order valence-electron chi connectivity index (χ1n) is 9.63. The van der Waals surface area contributed by atoms with Crippen LogP contribution in [-0.2, 0) is 0 Å². The van der Waals surface area contributed by atoms with Gasteiger partial charge in [0.2, 0.25) is 0 Å². The number of hydrogen-bond acceptors (Lipinski definition) is 0. The number of rotatable bonds is 15. The highest BCUT2D eigenvalue weighted by atomic mass is 14.2. The van der Waals surface area contributed by atoms with Crippen LogP contribution in [0.1, 0.15) is 111 Å². The summed E-state index contributed by atoms with van der Waals surface area (Å²) in [6, 6.07) is 0. The molecule has 20 heavy (non-hydrogen) atoms. The van der Waals surface area contributed by atoms with Crippen LogP contribution < -0.4 is 0 Å². The summed E-state index contributed by atoms with van der Waals surface area (Å²) in [5.41, 5.74) is 0. The maximum Gasteiger partial charge on any atom is -0.0324 e. The molecule has 0 aliphatic carbocycles. The molecule has 0 saturated carbocycles. The monoisotopic (exact) mass is 281 g/mol. The molecule has 0 amide bonds. The second-order valence-corrected chi connectivity index (χ2v) is 6.61. The molecular weight excluding hydrogens is 240 g/mol. The Morgan fingerprint density at radius 2 is 1.05 bits per heavy atom. The summed E-state index contributed by atoms with van der Waals surface area (Å²) >= 11 is 0. The third-order valence-corrected chi connectivity index (χ3v) is 4.60. The van der Waals surface area contributed by atoms with Gasteiger partial charge >= 0.3 is 0 Å². The predicted octanol–water partition coefficient (Wildman–Crippen LogP) is 7.57. The number of unbranched alkanes of at least 4 members (excludes halogenated alkanes) is 6. The molecule has 0 nitrogen and oxygen atoms in total. The Morgan fingerprint density at radius 1 is 0.550 bits per heavy atom. The molecule has 0 rings (SSSR count). The van der Waals surface area contributed by atoms with Crippen LogP contribution in [0.5, 0.6) is 0 Å². The lowest BCUT2D eigenvalue weighted by molar-refractivity contribution is 0.386. The lowest BCUT2D eigenvalue weighted by Gasteiger charge is -2.22. The molecule has 2 unspecified atom stereocenters. The van der Waals surface area contributed by atoms with Crippen molar-refractivity contribution in [1.82, 2.24) is 0 Å². The van der Waals surface area contributed by atoms with E-state index < -0.39 is 0 Å². The van der Waals surface area contributed by atoms with E-state index in [0.29, 0.717) is 0 Å². The van der Waals surface area contributed by atoms with Gasteiger partial charge in [-0.05, 0) is 18.3 Å². The molecule has 1 radical (unpaired) electrons. The molecule has 0 aliphatic rings. The summed E-state index contributed by atoms with van der Waals surface area (Å²) in [5, 5.41) is 0. The largest absolute Gasteiger partial charge is 0.0654 e. The third-order valence-electron chi connectivity index (χ3n) is 4.60. The molecule has 0 heteroatoms. The molecule has 0 aromatic carbocycles. The molecule has 0 heterocycles. The molecule has 0 N–H and O–H groups in total. The second kappa shape index (κ2) is 15.4. The average molecular weight is 282 g/mol. The molecule has 0 bridgehead atoms. The minimum absolute atomic E-state index is 0.882. The SMILES string of the molecule is CCCCCCCC([CH]C(CC)CCCC)CCCC. The molecule has 0 aromatic heterocycles. The van der Waals surface area contributed by atoms with E-state index in [4.69, 9.17) is 0 Å². The normalized spacial score (nSPS) is 14.4. The molecule has 0 aromatic rings. The molecule has 121 valence electrons. The van der Waals surface area contributed by atoms with Crippen LogP contribution in [0.4, 0.5) is 0 Å². The van der Waals surface area contributed by atoms with Gasteiger partial charge in [-0.15, -0.1) is 0 Å². The summed E-state index contributed by atoms with van der Waals surface area (Å²) in [4.78, 5) is 0. The molecule has 0 spiro atoms. The molecule has 0 aliphatic heterocycles. The minimum atomic E-state index is 0.882. The highest BCUT2D eigenvalue weighted by Gasteiger charge is 2.15. The summed E-state index contributed by atoms with van der Waals surface area (Å²) in [5.74, 6) is 1.78. The van der Waals surface area contributed by atoms with Crippen molar-refractivity contribution in [2.45, 2.75) is 111 Å². The van der Waals surface area contributed by atoms with E-state index >= 15 is 0 Å². The van der Waals surface area contributed by atoms with Gasteiger partial charge in [0, 0.05) is 0 Å². The van der Waals surface area contributed by atoms with E-state index in [1.807, 2.05) is 0 Å². The Hall–Kier alpha value is 0. The number of hydrogen-bond donors (Lipinski definition) is 0. The zero-order valence-electron chi connectivity index (χ0n) is 14.9. The van der Waals surface area contributed by atoms with Crippen molar-refractivity contribution in [2.75, 3.05) is 0 Å². The van der Waals surface area contributed by atoms with Gasteiger partial charge in [0.15, 0.2) is 0 Å². The lowest BCUT2D eigenvalue weighted by Crippen LogP contribution is -2.10. The Morgan fingerprint density at radius 3 is 1.60 bits per heavy atom. The summed E-state index contributed by atoms with van der Waals surface area (Å²) < 4.78 is 0. The fourth-order valence-electron chi connectivity index (χ4n) is 3.10. The van der Waals surface area contributed by atoms with Crippen molar-refractivity contribution in [2.24, 2.45) is 11.8 Å². The van der Waals surface area contributed by atoms with E-state index in [-0.39, 0.29) is 0 Å². The van der Waals surface area contributed by atoms with Gasteiger partial charge in [0.25, 0.3) is 0 Å². The molecular formula is C20H41. The van der Waals surface area contributed by atoms with Crippen molar-refractivity contribution in [1.29, 1.82) is 0 Å². The highest BCUT2D eigenvalue weighted by molar-refractivity contribution is 4.83. The van der Waals surface area contributed by atoms with E-state index in [1.165, 1.54) is 83.5 Å². The van der Waals surface area contributed by atoms with Gasteiger partial charge in [-0.25, -0.2) is 0 Å². The highest BCUT2D eigenvalue weighted by Crippen LogP contribution is 2.27. The van der Waals surface area contributed by atoms with Gasteiger partial charge in [0.05, 0.1) is 0 Å². The van der Waals surface area contributed by atoms with Gasteiger partial charge < -0.3 is 0 Å². The Kier molecular flexibility index (Phi) is 15.4. The van der Waals surface area contributed by atoms with Gasteiger partial charge in [-0.1, -0.05) is 111 Å². The van der Waals surface area contributed by atoms with Gasteiger partial charge in [-0.2, -0.15) is 0 Å². The van der Waals surface area contributed by atoms with E-state index in [1.54, 1.807) is 0 Å². The van der Waals surface area contributed by atoms with Gasteiger partial charge in [-0.3, -0.25) is 0 Å². The first-order chi connectivity index (χ1) is 9.78. The lowest BCUT2D eigenvalue weighted by atomic mass is 9.83. The zero-order valence-corrected chi connectivity index (χ0v) is 14.9. The predicted molar refractivity (Wildman–Crippen MR) is 94.0 cm³/mol. The summed E-state index contributed by atoms with van der Waals surface area (Å²) in [7, 11) is 0. The van der Waals surface area contributed by atoms with Crippen LogP contribution in [0, 0.1) is 18.3 Å². The Bertz CT molecular complexity index is 173. The maximum absolute atomic E-state index is 2.74. The first-order valence-corrected chi connectivity index (χ1v) is 9.63. The van der Waals surface area contributed by atoms with Gasteiger partial charge in [0.1, 0.15) is 0 Å². The second-order valence-electron chi connectivity index (χ2n) is 6.61.